The van der Waals surface area contributed by atoms with Crippen LogP contribution in [0.3, 0.4) is 0 Å². The molecule has 0 fully saturated rings. The van der Waals surface area contributed by atoms with Crippen LogP contribution in [-0.2, 0) is 24.2 Å². The minimum absolute atomic E-state index is 0.0263. The van der Waals surface area contributed by atoms with Crippen LogP contribution in [0.25, 0.3) is 11.4 Å². The van der Waals surface area contributed by atoms with Gasteiger partial charge in [0, 0.05) is 17.8 Å². The van der Waals surface area contributed by atoms with Crippen LogP contribution in [0.1, 0.15) is 44.7 Å². The molecule has 0 saturated carbocycles. The second-order valence-electron chi connectivity index (χ2n) is 7.54. The summed E-state index contributed by atoms with van der Waals surface area (Å²) >= 11 is 1.43. The number of nitrogens with zero attached hydrogens (tertiary/aromatic N) is 3. The van der Waals surface area contributed by atoms with E-state index in [0.717, 1.165) is 71.3 Å². The molecule has 0 radical (unpaired) electrons. The molecule has 1 N–H and O–H groups in total. The largest absolute Gasteiger partial charge is 0.497 e. The number of hydrogen-bond acceptors (Lipinski definition) is 5. The molecule has 0 aliphatic rings. The van der Waals surface area contributed by atoms with Gasteiger partial charge in [-0.25, -0.2) is 0 Å². The Labute approximate surface area is 194 Å². The van der Waals surface area contributed by atoms with Gasteiger partial charge in [-0.1, -0.05) is 57.2 Å². The first kappa shape index (κ1) is 23.9. The lowest BCUT2D eigenvalue weighted by molar-refractivity contribution is -0.113. The van der Waals surface area contributed by atoms with Gasteiger partial charge >= 0.3 is 0 Å². The molecule has 1 aromatic heterocycles. The van der Waals surface area contributed by atoms with Crippen molar-refractivity contribution in [1.29, 1.82) is 0 Å². The number of rotatable bonds is 11. The molecule has 7 heteroatoms. The molecule has 3 rings (SSSR count). The Morgan fingerprint density at radius 3 is 2.31 bits per heavy atom. The third-order valence-corrected chi connectivity index (χ3v) is 6.36. The minimum atomic E-state index is -0.0263. The number of anilines is 1. The van der Waals surface area contributed by atoms with Crippen molar-refractivity contribution in [3.63, 3.8) is 0 Å². The molecule has 3 aromatic rings. The second kappa shape index (κ2) is 11.7. The van der Waals surface area contributed by atoms with Crippen molar-refractivity contribution in [3.05, 3.63) is 53.6 Å². The molecule has 0 unspecified atom stereocenters. The van der Waals surface area contributed by atoms with Gasteiger partial charge in [-0.2, -0.15) is 0 Å². The number of amides is 1. The fourth-order valence-electron chi connectivity index (χ4n) is 3.58. The number of hydrogen-bond donors (Lipinski definition) is 1. The van der Waals surface area contributed by atoms with E-state index in [-0.39, 0.29) is 11.7 Å². The first-order valence-electron chi connectivity index (χ1n) is 11.2. The zero-order chi connectivity index (χ0) is 22.9. The first-order valence-corrected chi connectivity index (χ1v) is 12.2. The normalized spacial score (nSPS) is 10.9. The molecule has 0 bridgehead atoms. The highest BCUT2D eigenvalue weighted by atomic mass is 32.2. The van der Waals surface area contributed by atoms with Crippen LogP contribution in [0.4, 0.5) is 5.69 Å². The molecular weight excluding hydrogens is 420 g/mol. The van der Waals surface area contributed by atoms with Crippen LogP contribution in [0.5, 0.6) is 5.75 Å². The van der Waals surface area contributed by atoms with Gasteiger partial charge in [0.15, 0.2) is 11.0 Å². The van der Waals surface area contributed by atoms with E-state index in [4.69, 9.17) is 4.74 Å². The summed E-state index contributed by atoms with van der Waals surface area (Å²) in [6.45, 7) is 7.19. The van der Waals surface area contributed by atoms with Crippen LogP contribution in [0.15, 0.2) is 47.6 Å². The lowest BCUT2D eigenvalue weighted by Gasteiger charge is -2.14. The molecule has 32 heavy (non-hydrogen) atoms. The molecule has 1 heterocycles. The number of para-hydroxylation sites is 1. The second-order valence-corrected chi connectivity index (χ2v) is 8.48. The van der Waals surface area contributed by atoms with E-state index >= 15 is 0 Å². The van der Waals surface area contributed by atoms with E-state index in [0.29, 0.717) is 0 Å². The van der Waals surface area contributed by atoms with E-state index in [2.05, 4.69) is 59.1 Å². The van der Waals surface area contributed by atoms with Crippen LogP contribution in [-0.4, -0.2) is 33.5 Å². The van der Waals surface area contributed by atoms with Gasteiger partial charge in [-0.15, -0.1) is 10.2 Å². The summed E-state index contributed by atoms with van der Waals surface area (Å²) in [4.78, 5) is 12.8. The van der Waals surface area contributed by atoms with Crippen molar-refractivity contribution < 1.29 is 9.53 Å². The number of carbonyl (C=O) groups is 1. The number of carbonyl (C=O) groups excluding carboxylic acids is 1. The number of thioether (sulfide) groups is 1. The maximum Gasteiger partial charge on any atom is 0.234 e. The Bertz CT molecular complexity index is 1010. The van der Waals surface area contributed by atoms with Crippen LogP contribution >= 0.6 is 11.8 Å². The maximum absolute atomic E-state index is 12.8. The molecule has 0 aliphatic carbocycles. The van der Waals surface area contributed by atoms with Crippen molar-refractivity contribution in [1.82, 2.24) is 14.8 Å². The lowest BCUT2D eigenvalue weighted by Crippen LogP contribution is -2.17. The van der Waals surface area contributed by atoms with Gasteiger partial charge in [0.05, 0.1) is 12.9 Å². The smallest absolute Gasteiger partial charge is 0.234 e. The fraction of sp³-hybridized carbons (Fsp3) is 0.400. The number of aryl methyl sites for hydroxylation is 2. The Morgan fingerprint density at radius 2 is 1.72 bits per heavy atom. The predicted octanol–water partition coefficient (Wildman–Crippen LogP) is 5.61. The summed E-state index contributed by atoms with van der Waals surface area (Å²) in [6, 6.07) is 14.0. The van der Waals surface area contributed by atoms with E-state index in [1.54, 1.807) is 7.11 Å². The SMILES string of the molecule is CCCCn1c(SCC(=O)Nc2c(CC)cccc2CC)nnc1-c1ccc(OC)cc1. The predicted molar refractivity (Wildman–Crippen MR) is 131 cm³/mol. The standard InChI is InChI=1S/C25H32N4O2S/c1-5-8-16-29-24(20-12-14-21(31-4)15-13-20)27-28-25(29)32-17-22(30)26-23-18(6-2)10-9-11-19(23)7-3/h9-15H,5-8,16-17H2,1-4H3,(H,26,30). The van der Waals surface area contributed by atoms with E-state index < -0.39 is 0 Å². The van der Waals surface area contributed by atoms with Crippen LogP contribution < -0.4 is 10.1 Å². The van der Waals surface area contributed by atoms with Crippen LogP contribution in [0.2, 0.25) is 0 Å². The molecule has 6 nitrogen and oxygen atoms in total. The van der Waals surface area contributed by atoms with Gasteiger partial charge in [-0.3, -0.25) is 4.79 Å². The third-order valence-electron chi connectivity index (χ3n) is 5.40. The highest BCUT2D eigenvalue weighted by Gasteiger charge is 2.17. The summed E-state index contributed by atoms with van der Waals surface area (Å²) in [5.74, 6) is 1.88. The highest BCUT2D eigenvalue weighted by molar-refractivity contribution is 7.99. The van der Waals surface area contributed by atoms with Crippen molar-refractivity contribution in [3.8, 4) is 17.1 Å². The Morgan fingerprint density at radius 1 is 1.03 bits per heavy atom. The van der Waals surface area contributed by atoms with Crippen molar-refractivity contribution >= 4 is 23.4 Å². The Hall–Kier alpha value is -2.80. The molecule has 1 amide bonds. The molecule has 0 atom stereocenters. The average Bonchev–Trinajstić information content (AvgIpc) is 3.24. The third kappa shape index (κ3) is 5.71. The van der Waals surface area contributed by atoms with Crippen LogP contribution in [0, 0.1) is 0 Å². The Kier molecular flexibility index (Phi) is 8.73. The molecule has 170 valence electrons. The number of methoxy groups -OCH3 is 1. The molecule has 0 spiro atoms. The van der Waals surface area contributed by atoms with Gasteiger partial charge in [0.1, 0.15) is 5.75 Å². The van der Waals surface area contributed by atoms with Gasteiger partial charge in [0.2, 0.25) is 5.91 Å². The summed E-state index contributed by atoms with van der Waals surface area (Å²) in [6.07, 6.45) is 3.85. The quantitative estimate of drug-likeness (QED) is 0.383. The highest BCUT2D eigenvalue weighted by Crippen LogP contribution is 2.27. The monoisotopic (exact) mass is 452 g/mol. The number of nitrogens with one attached hydrogen (secondary N) is 1. The number of aromatic nitrogens is 3. The number of benzene rings is 2. The maximum atomic E-state index is 12.8. The van der Waals surface area contributed by atoms with Crippen molar-refractivity contribution in [2.24, 2.45) is 0 Å². The molecule has 2 aromatic carbocycles. The van der Waals surface area contributed by atoms with Crippen molar-refractivity contribution in [2.75, 3.05) is 18.2 Å². The lowest BCUT2D eigenvalue weighted by atomic mass is 10.0. The Balaban J connectivity index is 1.76. The summed E-state index contributed by atoms with van der Waals surface area (Å²) in [5.41, 5.74) is 4.26. The fourth-order valence-corrected chi connectivity index (χ4v) is 4.34. The van der Waals surface area contributed by atoms with E-state index in [1.807, 2.05) is 24.3 Å². The molecule has 0 saturated heterocycles. The van der Waals surface area contributed by atoms with Crippen molar-refractivity contribution in [2.45, 2.75) is 58.2 Å². The number of unbranched alkanes of at least 4 members (excludes halogenated alkanes) is 1. The van der Waals surface area contributed by atoms with E-state index in [9.17, 15) is 4.79 Å². The van der Waals surface area contributed by atoms with Gasteiger partial charge in [0.25, 0.3) is 0 Å². The van der Waals surface area contributed by atoms with Gasteiger partial charge < -0.3 is 14.6 Å². The zero-order valence-corrected chi connectivity index (χ0v) is 20.2. The zero-order valence-electron chi connectivity index (χ0n) is 19.4. The summed E-state index contributed by atoms with van der Waals surface area (Å²) in [7, 11) is 1.65. The minimum Gasteiger partial charge on any atom is -0.497 e. The number of ether oxygens (including phenoxy) is 1. The summed E-state index contributed by atoms with van der Waals surface area (Å²) < 4.78 is 7.37. The van der Waals surface area contributed by atoms with E-state index in [1.165, 1.54) is 11.8 Å². The average molecular weight is 453 g/mol. The molecule has 0 aliphatic heterocycles. The summed E-state index contributed by atoms with van der Waals surface area (Å²) in [5, 5.41) is 12.7. The molecular formula is C25H32N4O2S. The first-order chi connectivity index (χ1) is 15.6. The topological polar surface area (TPSA) is 69.0 Å². The van der Waals surface area contributed by atoms with Gasteiger partial charge in [-0.05, 0) is 54.7 Å².